The predicted octanol–water partition coefficient (Wildman–Crippen LogP) is 1.75. The smallest absolute Gasteiger partial charge is 0.346 e. The Balaban J connectivity index is 2.31. The number of carbonyl (C=O) groups excluding carboxylic acids is 1. The minimum atomic E-state index is -0.317. The van der Waals surface area contributed by atoms with Gasteiger partial charge in [-0.25, -0.2) is 4.79 Å². The number of amides is 2. The summed E-state index contributed by atoms with van der Waals surface area (Å²) >= 11 is 0. The highest BCUT2D eigenvalue weighted by molar-refractivity contribution is 6.05. The molecule has 1 fully saturated rings. The molecule has 1 unspecified atom stereocenters. The number of aliphatic imine (C=N–C) groups is 1. The monoisotopic (exact) mass is 209 g/mol. The number of urea groups is 1. The summed E-state index contributed by atoms with van der Waals surface area (Å²) in [6.07, 6.45) is 4.82. The van der Waals surface area contributed by atoms with Gasteiger partial charge in [-0.3, -0.25) is 0 Å². The van der Waals surface area contributed by atoms with Gasteiger partial charge in [-0.1, -0.05) is 12.8 Å². The van der Waals surface area contributed by atoms with E-state index in [1.165, 1.54) is 12.8 Å². The van der Waals surface area contributed by atoms with Gasteiger partial charge in [0.1, 0.15) is 11.4 Å². The van der Waals surface area contributed by atoms with Crippen LogP contribution in [0.15, 0.2) is 4.99 Å². The summed E-state index contributed by atoms with van der Waals surface area (Å²) in [6.45, 7) is 4.74. The molecule has 0 saturated heterocycles. The van der Waals surface area contributed by atoms with Crippen molar-refractivity contribution in [3.63, 3.8) is 0 Å². The second kappa shape index (κ2) is 3.51. The molecule has 1 aliphatic carbocycles. The van der Waals surface area contributed by atoms with Crippen molar-refractivity contribution in [2.75, 3.05) is 6.54 Å². The Bertz CT molecular complexity index is 307. The minimum absolute atomic E-state index is 0.163. The van der Waals surface area contributed by atoms with E-state index in [9.17, 15) is 4.79 Å². The van der Waals surface area contributed by atoms with Gasteiger partial charge in [-0.05, 0) is 32.6 Å². The van der Waals surface area contributed by atoms with Crippen LogP contribution in [0, 0.1) is 5.92 Å². The van der Waals surface area contributed by atoms with Crippen molar-refractivity contribution in [2.24, 2.45) is 16.6 Å². The third-order valence-corrected chi connectivity index (χ3v) is 3.99. The van der Waals surface area contributed by atoms with Crippen LogP contribution in [0.25, 0.3) is 0 Å². The van der Waals surface area contributed by atoms with E-state index in [1.54, 1.807) is 0 Å². The van der Waals surface area contributed by atoms with E-state index >= 15 is 0 Å². The van der Waals surface area contributed by atoms with Gasteiger partial charge in [-0.15, -0.1) is 0 Å². The lowest BCUT2D eigenvalue weighted by atomic mass is 9.82. The molecule has 4 nitrogen and oxygen atoms in total. The van der Waals surface area contributed by atoms with Gasteiger partial charge in [0.2, 0.25) is 0 Å². The third-order valence-electron chi connectivity index (χ3n) is 3.99. The largest absolute Gasteiger partial charge is 0.385 e. The Labute approximate surface area is 90.5 Å². The van der Waals surface area contributed by atoms with Crippen LogP contribution in [-0.4, -0.2) is 28.9 Å². The van der Waals surface area contributed by atoms with Gasteiger partial charge in [-0.2, -0.15) is 4.99 Å². The van der Waals surface area contributed by atoms with E-state index in [0.29, 0.717) is 18.3 Å². The minimum Gasteiger partial charge on any atom is -0.385 e. The molecular formula is C11H19N3O. The van der Waals surface area contributed by atoms with Gasteiger partial charge in [0.05, 0.1) is 0 Å². The van der Waals surface area contributed by atoms with Crippen LogP contribution in [0.2, 0.25) is 0 Å². The SMILES string of the molecule is CCN1C(=O)N=C(N)C1(C)C1CCCC1. The lowest BCUT2D eigenvalue weighted by Gasteiger charge is -2.39. The summed E-state index contributed by atoms with van der Waals surface area (Å²) < 4.78 is 0. The molecule has 2 N–H and O–H groups in total. The molecule has 0 aromatic carbocycles. The van der Waals surface area contributed by atoms with Gasteiger partial charge >= 0.3 is 6.03 Å². The molecule has 2 aliphatic rings. The molecule has 1 atom stereocenters. The predicted molar refractivity (Wildman–Crippen MR) is 59.8 cm³/mol. The van der Waals surface area contributed by atoms with Crippen molar-refractivity contribution in [1.82, 2.24) is 4.90 Å². The van der Waals surface area contributed by atoms with Crippen molar-refractivity contribution in [1.29, 1.82) is 0 Å². The zero-order valence-electron chi connectivity index (χ0n) is 9.49. The number of nitrogens with zero attached hydrogens (tertiary/aromatic N) is 2. The fourth-order valence-electron chi connectivity index (χ4n) is 2.99. The maximum Gasteiger partial charge on any atom is 0.346 e. The molecule has 1 aliphatic heterocycles. The van der Waals surface area contributed by atoms with Gasteiger partial charge in [0.15, 0.2) is 0 Å². The van der Waals surface area contributed by atoms with Gasteiger partial charge < -0.3 is 10.6 Å². The first-order valence-corrected chi connectivity index (χ1v) is 5.77. The van der Waals surface area contributed by atoms with Crippen LogP contribution < -0.4 is 5.73 Å². The van der Waals surface area contributed by atoms with E-state index in [2.05, 4.69) is 11.9 Å². The fourth-order valence-corrected chi connectivity index (χ4v) is 2.99. The second-order valence-corrected chi connectivity index (χ2v) is 4.65. The average Bonchev–Trinajstić information content (AvgIpc) is 2.76. The van der Waals surface area contributed by atoms with Crippen LogP contribution in [0.4, 0.5) is 4.79 Å². The van der Waals surface area contributed by atoms with Gasteiger partial charge in [0, 0.05) is 6.54 Å². The van der Waals surface area contributed by atoms with Crippen molar-refractivity contribution in [2.45, 2.75) is 45.1 Å². The maximum absolute atomic E-state index is 11.6. The number of rotatable bonds is 2. The summed E-state index contributed by atoms with van der Waals surface area (Å²) in [5.74, 6) is 1.01. The number of likely N-dealkylation sites (N-methyl/N-ethyl adjacent to an activating group) is 1. The van der Waals surface area contributed by atoms with E-state index in [-0.39, 0.29) is 11.6 Å². The van der Waals surface area contributed by atoms with Crippen molar-refractivity contribution < 1.29 is 4.79 Å². The van der Waals surface area contributed by atoms with Crippen LogP contribution in [0.5, 0.6) is 0 Å². The number of carbonyl (C=O) groups is 1. The number of amidine groups is 1. The zero-order chi connectivity index (χ0) is 11.1. The third kappa shape index (κ3) is 1.34. The number of nitrogens with two attached hydrogens (primary N) is 1. The van der Waals surface area contributed by atoms with E-state index in [1.807, 2.05) is 11.8 Å². The Morgan fingerprint density at radius 1 is 1.53 bits per heavy atom. The summed E-state index contributed by atoms with van der Waals surface area (Å²) in [4.78, 5) is 17.4. The van der Waals surface area contributed by atoms with Crippen LogP contribution >= 0.6 is 0 Å². The Hall–Kier alpha value is -1.06. The topological polar surface area (TPSA) is 58.7 Å². The maximum atomic E-state index is 11.6. The molecule has 0 aromatic heterocycles. The molecule has 1 heterocycles. The standard InChI is InChI=1S/C11H19N3O/c1-3-14-10(15)13-9(12)11(14,2)8-6-4-5-7-8/h8H,3-7H2,1-2H3,(H2,12,13,15). The lowest BCUT2D eigenvalue weighted by Crippen LogP contribution is -2.56. The quantitative estimate of drug-likeness (QED) is 0.753. The second-order valence-electron chi connectivity index (χ2n) is 4.65. The van der Waals surface area contributed by atoms with E-state index in [4.69, 9.17) is 5.73 Å². The lowest BCUT2D eigenvalue weighted by molar-refractivity contribution is 0.147. The summed E-state index contributed by atoms with van der Waals surface area (Å²) in [5.41, 5.74) is 5.62. The average molecular weight is 209 g/mol. The van der Waals surface area contributed by atoms with Crippen LogP contribution in [-0.2, 0) is 0 Å². The number of hydrogen-bond donors (Lipinski definition) is 1. The van der Waals surface area contributed by atoms with Crippen LogP contribution in [0.1, 0.15) is 39.5 Å². The number of hydrogen-bond acceptors (Lipinski definition) is 2. The molecule has 15 heavy (non-hydrogen) atoms. The van der Waals surface area contributed by atoms with Gasteiger partial charge in [0.25, 0.3) is 0 Å². The van der Waals surface area contributed by atoms with Crippen molar-refractivity contribution >= 4 is 11.9 Å². The molecule has 0 radical (unpaired) electrons. The Kier molecular flexibility index (Phi) is 2.44. The first-order valence-electron chi connectivity index (χ1n) is 5.77. The highest BCUT2D eigenvalue weighted by Crippen LogP contribution is 2.40. The molecule has 0 aromatic rings. The Morgan fingerprint density at radius 3 is 2.67 bits per heavy atom. The van der Waals surface area contributed by atoms with E-state index < -0.39 is 0 Å². The highest BCUT2D eigenvalue weighted by Gasteiger charge is 2.49. The highest BCUT2D eigenvalue weighted by atomic mass is 16.2. The summed E-state index contributed by atoms with van der Waals surface area (Å²) in [6, 6.07) is -0.163. The normalized spacial score (nSPS) is 32.5. The van der Waals surface area contributed by atoms with Crippen molar-refractivity contribution in [3.05, 3.63) is 0 Å². The first kappa shape index (κ1) is 10.5. The van der Waals surface area contributed by atoms with Crippen LogP contribution in [0.3, 0.4) is 0 Å². The molecule has 84 valence electrons. The molecule has 2 amide bonds. The molecular weight excluding hydrogens is 190 g/mol. The zero-order valence-corrected chi connectivity index (χ0v) is 9.49. The van der Waals surface area contributed by atoms with E-state index in [0.717, 1.165) is 12.8 Å². The molecule has 0 spiro atoms. The molecule has 1 saturated carbocycles. The summed E-state index contributed by atoms with van der Waals surface area (Å²) in [7, 11) is 0. The summed E-state index contributed by atoms with van der Waals surface area (Å²) in [5, 5.41) is 0. The molecule has 4 heteroatoms. The molecule has 2 rings (SSSR count). The molecule has 0 bridgehead atoms. The first-order chi connectivity index (χ1) is 7.10. The fraction of sp³-hybridized carbons (Fsp3) is 0.818. The van der Waals surface area contributed by atoms with Crippen molar-refractivity contribution in [3.8, 4) is 0 Å². The Morgan fingerprint density at radius 2 is 2.13 bits per heavy atom.